The number of hydrogen-bond acceptors (Lipinski definition) is 4. The van der Waals surface area contributed by atoms with Gasteiger partial charge in [0.1, 0.15) is 5.71 Å². The number of nitrogens with zero attached hydrogens (tertiary/aromatic N) is 2. The maximum absolute atomic E-state index is 9.52. The van der Waals surface area contributed by atoms with Gasteiger partial charge in [0, 0.05) is 22.5 Å². The first-order chi connectivity index (χ1) is 12.1. The third kappa shape index (κ3) is 3.80. The summed E-state index contributed by atoms with van der Waals surface area (Å²) < 4.78 is 0. The van der Waals surface area contributed by atoms with E-state index in [1.807, 2.05) is 62.4 Å². The Kier molecular flexibility index (Phi) is 5.00. The standard InChI is InChI=1S/C20H18ClN3O/c1-13-5-3-4-6-17(13)20(24-25)18-10-9-15(11-19(18)21)23-16-8-7-14(2)22-12-16/h3-12,23,25H,1-2H3. The number of halogens is 1. The summed E-state index contributed by atoms with van der Waals surface area (Å²) in [5.41, 5.74) is 5.65. The molecule has 0 atom stereocenters. The summed E-state index contributed by atoms with van der Waals surface area (Å²) in [6, 6.07) is 17.2. The second kappa shape index (κ2) is 7.36. The van der Waals surface area contributed by atoms with E-state index in [1.54, 1.807) is 12.3 Å². The van der Waals surface area contributed by atoms with E-state index >= 15 is 0 Å². The van der Waals surface area contributed by atoms with Crippen molar-refractivity contribution in [2.75, 3.05) is 5.32 Å². The molecule has 0 fully saturated rings. The molecule has 0 unspecified atom stereocenters. The quantitative estimate of drug-likeness (QED) is 0.380. The van der Waals surface area contributed by atoms with E-state index in [9.17, 15) is 5.21 Å². The van der Waals surface area contributed by atoms with Gasteiger partial charge in [-0.15, -0.1) is 0 Å². The van der Waals surface area contributed by atoms with Gasteiger partial charge in [-0.1, -0.05) is 41.0 Å². The van der Waals surface area contributed by atoms with Crippen molar-refractivity contribution in [3.05, 3.63) is 88.2 Å². The van der Waals surface area contributed by atoms with Gasteiger partial charge in [0.05, 0.1) is 16.9 Å². The number of oxime groups is 1. The van der Waals surface area contributed by atoms with Gasteiger partial charge in [0.2, 0.25) is 0 Å². The Morgan fingerprint density at radius 1 is 1.00 bits per heavy atom. The highest BCUT2D eigenvalue weighted by Crippen LogP contribution is 2.27. The average molecular weight is 352 g/mol. The molecule has 0 saturated heterocycles. The van der Waals surface area contributed by atoms with Gasteiger partial charge in [-0.3, -0.25) is 4.98 Å². The Labute approximate surface area is 151 Å². The van der Waals surface area contributed by atoms with Crippen LogP contribution in [0.3, 0.4) is 0 Å². The topological polar surface area (TPSA) is 57.5 Å². The molecule has 0 aliphatic heterocycles. The SMILES string of the molecule is Cc1ccc(Nc2ccc(C(=NO)c3ccccc3C)c(Cl)c2)cn1. The molecule has 2 N–H and O–H groups in total. The Morgan fingerprint density at radius 2 is 1.76 bits per heavy atom. The van der Waals surface area contributed by atoms with E-state index in [-0.39, 0.29) is 0 Å². The summed E-state index contributed by atoms with van der Waals surface area (Å²) in [5, 5.41) is 16.8. The van der Waals surface area contributed by atoms with Crippen LogP contribution in [0.4, 0.5) is 11.4 Å². The molecule has 0 radical (unpaired) electrons. The maximum Gasteiger partial charge on any atom is 0.118 e. The number of rotatable bonds is 4. The van der Waals surface area contributed by atoms with Crippen molar-refractivity contribution in [2.45, 2.75) is 13.8 Å². The lowest BCUT2D eigenvalue weighted by atomic mass is 9.98. The average Bonchev–Trinajstić information content (AvgIpc) is 2.61. The monoisotopic (exact) mass is 351 g/mol. The van der Waals surface area contributed by atoms with E-state index in [0.717, 1.165) is 28.2 Å². The van der Waals surface area contributed by atoms with Crippen LogP contribution in [0.1, 0.15) is 22.4 Å². The van der Waals surface area contributed by atoms with Gasteiger partial charge >= 0.3 is 0 Å². The number of aromatic nitrogens is 1. The van der Waals surface area contributed by atoms with Crippen LogP contribution >= 0.6 is 11.6 Å². The Bertz CT molecular complexity index is 920. The summed E-state index contributed by atoms with van der Waals surface area (Å²) in [5.74, 6) is 0. The largest absolute Gasteiger partial charge is 0.410 e. The number of anilines is 2. The van der Waals surface area contributed by atoms with E-state index in [1.165, 1.54) is 0 Å². The van der Waals surface area contributed by atoms with Gasteiger partial charge in [0.25, 0.3) is 0 Å². The lowest BCUT2D eigenvalue weighted by Crippen LogP contribution is -2.06. The molecule has 0 amide bonds. The molecular formula is C20H18ClN3O. The van der Waals surface area contributed by atoms with Crippen LogP contribution in [0.5, 0.6) is 0 Å². The minimum absolute atomic E-state index is 0.451. The lowest BCUT2D eigenvalue weighted by Gasteiger charge is -2.12. The summed E-state index contributed by atoms with van der Waals surface area (Å²) >= 11 is 6.45. The number of nitrogens with one attached hydrogen (secondary N) is 1. The molecule has 0 saturated carbocycles. The van der Waals surface area contributed by atoms with Crippen LogP contribution < -0.4 is 5.32 Å². The van der Waals surface area contributed by atoms with E-state index in [2.05, 4.69) is 15.5 Å². The fourth-order valence-electron chi connectivity index (χ4n) is 2.58. The first kappa shape index (κ1) is 17.0. The van der Waals surface area contributed by atoms with Gasteiger partial charge in [0.15, 0.2) is 0 Å². The minimum atomic E-state index is 0.451. The lowest BCUT2D eigenvalue weighted by molar-refractivity contribution is 0.319. The minimum Gasteiger partial charge on any atom is -0.410 e. The number of benzene rings is 2. The second-order valence-electron chi connectivity index (χ2n) is 5.77. The van der Waals surface area contributed by atoms with Crippen molar-refractivity contribution in [1.82, 2.24) is 4.98 Å². The summed E-state index contributed by atoms with van der Waals surface area (Å²) in [6.45, 7) is 3.91. The first-order valence-corrected chi connectivity index (χ1v) is 8.24. The number of aryl methyl sites for hydroxylation is 2. The molecule has 25 heavy (non-hydrogen) atoms. The Hall–Kier alpha value is -2.85. The third-order valence-electron chi connectivity index (χ3n) is 3.92. The fraction of sp³-hybridized carbons (Fsp3) is 0.100. The number of hydrogen-bond donors (Lipinski definition) is 2. The van der Waals surface area contributed by atoms with Crippen molar-refractivity contribution in [2.24, 2.45) is 5.16 Å². The van der Waals surface area contributed by atoms with Crippen molar-refractivity contribution in [3.8, 4) is 0 Å². The smallest absolute Gasteiger partial charge is 0.118 e. The Balaban J connectivity index is 1.91. The van der Waals surface area contributed by atoms with Crippen molar-refractivity contribution < 1.29 is 5.21 Å². The maximum atomic E-state index is 9.52. The predicted molar refractivity (Wildman–Crippen MR) is 102 cm³/mol. The van der Waals surface area contributed by atoms with Crippen LogP contribution in [0.15, 0.2) is 65.9 Å². The van der Waals surface area contributed by atoms with Gasteiger partial charge in [-0.2, -0.15) is 0 Å². The zero-order valence-electron chi connectivity index (χ0n) is 14.0. The van der Waals surface area contributed by atoms with Crippen molar-refractivity contribution in [1.29, 1.82) is 0 Å². The van der Waals surface area contributed by atoms with E-state index in [4.69, 9.17) is 11.6 Å². The molecule has 0 bridgehead atoms. The summed E-state index contributed by atoms with van der Waals surface area (Å²) in [4.78, 5) is 4.26. The normalized spacial score (nSPS) is 11.4. The van der Waals surface area contributed by atoms with Crippen molar-refractivity contribution in [3.63, 3.8) is 0 Å². The third-order valence-corrected chi connectivity index (χ3v) is 4.24. The first-order valence-electron chi connectivity index (χ1n) is 7.86. The van der Waals surface area contributed by atoms with Crippen LogP contribution in [0, 0.1) is 13.8 Å². The highest BCUT2D eigenvalue weighted by molar-refractivity contribution is 6.35. The van der Waals surface area contributed by atoms with Crippen LogP contribution in [-0.4, -0.2) is 15.9 Å². The summed E-state index contributed by atoms with van der Waals surface area (Å²) in [7, 11) is 0. The molecule has 3 aromatic rings. The van der Waals surface area contributed by atoms with Gasteiger partial charge in [-0.25, -0.2) is 0 Å². The molecule has 3 rings (SSSR count). The molecule has 1 heterocycles. The van der Waals surface area contributed by atoms with Crippen molar-refractivity contribution >= 4 is 28.7 Å². The zero-order valence-corrected chi connectivity index (χ0v) is 14.7. The Morgan fingerprint density at radius 3 is 2.40 bits per heavy atom. The molecule has 0 aliphatic carbocycles. The van der Waals surface area contributed by atoms with E-state index < -0.39 is 0 Å². The molecular weight excluding hydrogens is 334 g/mol. The van der Waals surface area contributed by atoms with Crippen LogP contribution in [0.25, 0.3) is 0 Å². The molecule has 0 spiro atoms. The highest BCUT2D eigenvalue weighted by Gasteiger charge is 2.14. The second-order valence-corrected chi connectivity index (χ2v) is 6.18. The zero-order chi connectivity index (χ0) is 17.8. The predicted octanol–water partition coefficient (Wildman–Crippen LogP) is 5.32. The molecule has 1 aromatic heterocycles. The van der Waals surface area contributed by atoms with Gasteiger partial charge in [-0.05, 0) is 49.7 Å². The van der Waals surface area contributed by atoms with Crippen LogP contribution in [0.2, 0.25) is 5.02 Å². The molecule has 4 nitrogen and oxygen atoms in total. The number of pyridine rings is 1. The molecule has 5 heteroatoms. The van der Waals surface area contributed by atoms with E-state index in [0.29, 0.717) is 16.3 Å². The fourth-order valence-corrected chi connectivity index (χ4v) is 2.85. The molecule has 0 aliphatic rings. The van der Waals surface area contributed by atoms with Crippen LogP contribution in [-0.2, 0) is 0 Å². The molecule has 2 aromatic carbocycles. The highest BCUT2D eigenvalue weighted by atomic mass is 35.5. The molecule has 126 valence electrons. The summed E-state index contributed by atoms with van der Waals surface area (Å²) in [6.07, 6.45) is 1.77. The van der Waals surface area contributed by atoms with Gasteiger partial charge < -0.3 is 10.5 Å².